The maximum Gasteiger partial charge on any atom is 0.312 e. The van der Waals surface area contributed by atoms with E-state index in [0.717, 1.165) is 25.7 Å². The van der Waals surface area contributed by atoms with Gasteiger partial charge in [-0.15, -0.1) is 0 Å². The van der Waals surface area contributed by atoms with E-state index in [0.29, 0.717) is 6.61 Å². The molecule has 0 bridgehead atoms. The molecule has 0 aromatic rings. The van der Waals surface area contributed by atoms with Crippen molar-refractivity contribution in [2.45, 2.75) is 124 Å². The van der Waals surface area contributed by atoms with E-state index in [1.807, 2.05) is 6.92 Å². The molecule has 0 rings (SSSR count). The average molecular weight is 367 g/mol. The Morgan fingerprint density at radius 2 is 1.23 bits per heavy atom. The summed E-state index contributed by atoms with van der Waals surface area (Å²) in [6.07, 6.45) is 23.2. The van der Waals surface area contributed by atoms with Crippen molar-refractivity contribution < 1.29 is 9.53 Å². The van der Waals surface area contributed by atoms with E-state index in [2.05, 4.69) is 32.9 Å². The first-order valence-electron chi connectivity index (χ1n) is 11.5. The van der Waals surface area contributed by atoms with Gasteiger partial charge in [-0.3, -0.25) is 4.79 Å². The maximum atomic E-state index is 12.3. The highest BCUT2D eigenvalue weighted by Crippen LogP contribution is 2.34. The predicted octanol–water partition coefficient (Wildman–Crippen LogP) is 8.00. The summed E-state index contributed by atoms with van der Waals surface area (Å²) in [7, 11) is 0. The lowest BCUT2D eigenvalue weighted by molar-refractivity contribution is -0.156. The van der Waals surface area contributed by atoms with Gasteiger partial charge in [0, 0.05) is 0 Å². The molecule has 0 aromatic carbocycles. The third-order valence-electron chi connectivity index (χ3n) is 5.73. The van der Waals surface area contributed by atoms with Gasteiger partial charge in [-0.05, 0) is 51.9 Å². The summed E-state index contributed by atoms with van der Waals surface area (Å²) in [5, 5.41) is 0. The summed E-state index contributed by atoms with van der Waals surface area (Å²) in [5.74, 6) is 0.0163. The monoisotopic (exact) mass is 366 g/mol. The lowest BCUT2D eigenvalue weighted by atomic mass is 9.77. The summed E-state index contributed by atoms with van der Waals surface area (Å²) in [6, 6.07) is 0. The molecule has 0 fully saturated rings. The van der Waals surface area contributed by atoms with Crippen molar-refractivity contribution in [1.29, 1.82) is 0 Å². The van der Waals surface area contributed by atoms with Crippen LogP contribution in [0.5, 0.6) is 0 Å². The van der Waals surface area contributed by atoms with Gasteiger partial charge in [0.25, 0.3) is 0 Å². The molecule has 0 saturated carbocycles. The lowest BCUT2D eigenvalue weighted by Gasteiger charge is -2.29. The number of ether oxygens (including phenoxy) is 1. The summed E-state index contributed by atoms with van der Waals surface area (Å²) in [5.41, 5.74) is -0.243. The number of unbranched alkanes of at least 4 members (excludes halogenated alkanes) is 10. The quantitative estimate of drug-likeness (QED) is 0.139. The van der Waals surface area contributed by atoms with Crippen LogP contribution in [0.4, 0.5) is 0 Å². The minimum atomic E-state index is -0.243. The fourth-order valence-corrected chi connectivity index (χ4v) is 3.64. The van der Waals surface area contributed by atoms with E-state index in [1.165, 1.54) is 70.6 Å². The van der Waals surface area contributed by atoms with Crippen LogP contribution < -0.4 is 0 Å². The second kappa shape index (κ2) is 17.6. The number of rotatable bonds is 18. The van der Waals surface area contributed by atoms with Crippen LogP contribution in [-0.4, -0.2) is 12.6 Å². The summed E-state index contributed by atoms with van der Waals surface area (Å²) in [4.78, 5) is 12.3. The molecule has 0 amide bonds. The molecule has 0 aliphatic heterocycles. The number of esters is 1. The summed E-state index contributed by atoms with van der Waals surface area (Å²) >= 11 is 0. The van der Waals surface area contributed by atoms with Crippen LogP contribution in [0.3, 0.4) is 0 Å². The Hall–Kier alpha value is -0.790. The van der Waals surface area contributed by atoms with E-state index in [9.17, 15) is 4.79 Å². The van der Waals surface area contributed by atoms with Gasteiger partial charge in [-0.25, -0.2) is 0 Å². The normalized spacial score (nSPS) is 12.0. The summed E-state index contributed by atoms with van der Waals surface area (Å²) < 4.78 is 5.31. The molecule has 2 nitrogen and oxygen atoms in total. The van der Waals surface area contributed by atoms with Crippen LogP contribution in [0.1, 0.15) is 124 Å². The highest BCUT2D eigenvalue weighted by Gasteiger charge is 2.35. The molecule has 154 valence electrons. The van der Waals surface area contributed by atoms with Gasteiger partial charge in [0.1, 0.15) is 0 Å². The smallest absolute Gasteiger partial charge is 0.312 e. The highest BCUT2D eigenvalue weighted by atomic mass is 16.5. The highest BCUT2D eigenvalue weighted by molar-refractivity contribution is 5.76. The third kappa shape index (κ3) is 11.8. The molecule has 0 radical (unpaired) electrons. The number of hydrogen-bond donors (Lipinski definition) is 0. The van der Waals surface area contributed by atoms with Crippen molar-refractivity contribution in [3.63, 3.8) is 0 Å². The first-order valence-corrected chi connectivity index (χ1v) is 11.5. The van der Waals surface area contributed by atoms with Crippen LogP contribution in [-0.2, 0) is 9.53 Å². The Balaban J connectivity index is 3.67. The molecule has 0 atom stereocenters. The Morgan fingerprint density at radius 1 is 0.731 bits per heavy atom. The molecular formula is C24H46O2. The van der Waals surface area contributed by atoms with Crippen LogP contribution in [0.15, 0.2) is 12.2 Å². The number of carbonyl (C=O) groups excluding carboxylic acids is 1. The van der Waals surface area contributed by atoms with E-state index >= 15 is 0 Å². The van der Waals surface area contributed by atoms with E-state index in [-0.39, 0.29) is 11.4 Å². The Morgan fingerprint density at radius 3 is 1.73 bits per heavy atom. The minimum absolute atomic E-state index is 0.0163. The second-order valence-electron chi connectivity index (χ2n) is 7.69. The Kier molecular flexibility index (Phi) is 17.1. The van der Waals surface area contributed by atoms with E-state index in [1.54, 1.807) is 0 Å². The van der Waals surface area contributed by atoms with Crippen LogP contribution in [0.2, 0.25) is 0 Å². The van der Waals surface area contributed by atoms with Gasteiger partial charge in [0.05, 0.1) is 12.0 Å². The largest absolute Gasteiger partial charge is 0.466 e. The molecule has 0 spiro atoms. The maximum absolute atomic E-state index is 12.3. The van der Waals surface area contributed by atoms with E-state index in [4.69, 9.17) is 4.74 Å². The second-order valence-corrected chi connectivity index (χ2v) is 7.69. The fourth-order valence-electron chi connectivity index (χ4n) is 3.64. The average Bonchev–Trinajstić information content (AvgIpc) is 2.65. The van der Waals surface area contributed by atoms with Crippen LogP contribution in [0.25, 0.3) is 0 Å². The van der Waals surface area contributed by atoms with Crippen LogP contribution in [0, 0.1) is 5.41 Å². The fraction of sp³-hybridized carbons (Fsp3) is 0.875. The van der Waals surface area contributed by atoms with Crippen molar-refractivity contribution in [3.05, 3.63) is 12.2 Å². The van der Waals surface area contributed by atoms with Crippen molar-refractivity contribution in [1.82, 2.24) is 0 Å². The first-order chi connectivity index (χ1) is 12.7. The molecule has 2 heteroatoms. The molecule has 26 heavy (non-hydrogen) atoms. The molecular weight excluding hydrogens is 320 g/mol. The van der Waals surface area contributed by atoms with Crippen molar-refractivity contribution in [2.24, 2.45) is 5.41 Å². The van der Waals surface area contributed by atoms with Gasteiger partial charge in [0.2, 0.25) is 0 Å². The van der Waals surface area contributed by atoms with Crippen molar-refractivity contribution in [2.75, 3.05) is 6.61 Å². The molecule has 0 saturated heterocycles. The number of carbonyl (C=O) groups is 1. The van der Waals surface area contributed by atoms with Gasteiger partial charge >= 0.3 is 5.97 Å². The van der Waals surface area contributed by atoms with Gasteiger partial charge in [0.15, 0.2) is 0 Å². The standard InChI is InChI=1S/C24H46O2/c1-5-9-10-11-12-13-14-15-16-17-18-19-20-21-22-24(6-2,7-3)23(25)26-8-4/h15-16H,5-14,17-22H2,1-4H3/b16-15-. The Labute approximate surface area is 164 Å². The van der Waals surface area contributed by atoms with Gasteiger partial charge in [-0.2, -0.15) is 0 Å². The lowest BCUT2D eigenvalue weighted by Crippen LogP contribution is -2.32. The predicted molar refractivity (Wildman–Crippen MR) is 114 cm³/mol. The number of hydrogen-bond acceptors (Lipinski definition) is 2. The van der Waals surface area contributed by atoms with Crippen LogP contribution >= 0.6 is 0 Å². The van der Waals surface area contributed by atoms with E-state index < -0.39 is 0 Å². The third-order valence-corrected chi connectivity index (χ3v) is 5.73. The zero-order valence-corrected chi connectivity index (χ0v) is 18.3. The van der Waals surface area contributed by atoms with Gasteiger partial charge in [-0.1, -0.05) is 84.3 Å². The zero-order chi connectivity index (χ0) is 19.5. The van der Waals surface area contributed by atoms with Gasteiger partial charge < -0.3 is 4.74 Å². The van der Waals surface area contributed by atoms with Crippen molar-refractivity contribution >= 4 is 5.97 Å². The molecule has 0 aliphatic carbocycles. The topological polar surface area (TPSA) is 26.3 Å². The SMILES string of the molecule is CCCCCCCC/C=C\CCCCCCC(CC)(CC)C(=O)OCC. The Bertz CT molecular complexity index is 342. The summed E-state index contributed by atoms with van der Waals surface area (Å²) in [6.45, 7) is 8.90. The molecule has 0 heterocycles. The first kappa shape index (κ1) is 25.2. The molecule has 0 aromatic heterocycles. The minimum Gasteiger partial charge on any atom is -0.466 e. The number of allylic oxidation sites excluding steroid dienone is 2. The van der Waals surface area contributed by atoms with Crippen molar-refractivity contribution in [3.8, 4) is 0 Å². The molecule has 0 N–H and O–H groups in total. The zero-order valence-electron chi connectivity index (χ0n) is 18.3. The molecule has 0 aliphatic rings. The molecule has 0 unspecified atom stereocenters.